The Morgan fingerprint density at radius 2 is 1.75 bits per heavy atom. The molecule has 0 unspecified atom stereocenters. The highest BCUT2D eigenvalue weighted by Gasteiger charge is 2.22. The largest absolute Gasteiger partial charge is 0.322 e. The summed E-state index contributed by atoms with van der Waals surface area (Å²) >= 11 is 15.3. The third kappa shape index (κ3) is 4.86. The zero-order valence-corrected chi connectivity index (χ0v) is 16.4. The van der Waals surface area contributed by atoms with Crippen LogP contribution in [0, 0.1) is 0 Å². The van der Waals surface area contributed by atoms with E-state index in [1.807, 2.05) is 0 Å². The highest BCUT2D eigenvalue weighted by Crippen LogP contribution is 2.30. The Hall–Kier alpha value is -1.28. The molecule has 2 rings (SSSR count). The maximum atomic E-state index is 12.3. The van der Waals surface area contributed by atoms with E-state index in [1.54, 1.807) is 42.5 Å². The molecule has 9 heteroatoms. The van der Waals surface area contributed by atoms with Gasteiger partial charge < -0.3 is 5.32 Å². The third-order valence-electron chi connectivity index (χ3n) is 3.01. The van der Waals surface area contributed by atoms with Gasteiger partial charge in [-0.05, 0) is 30.3 Å². The van der Waals surface area contributed by atoms with Gasteiger partial charge in [0, 0.05) is 4.47 Å². The van der Waals surface area contributed by atoms with Gasteiger partial charge in [-0.15, -0.1) is 0 Å². The minimum Gasteiger partial charge on any atom is -0.322 e. The van der Waals surface area contributed by atoms with Gasteiger partial charge in [0.1, 0.15) is 6.54 Å². The molecule has 0 aliphatic heterocycles. The van der Waals surface area contributed by atoms with E-state index in [-0.39, 0.29) is 15.7 Å². The van der Waals surface area contributed by atoms with Crippen LogP contribution < -0.4 is 9.62 Å². The van der Waals surface area contributed by atoms with Crippen molar-refractivity contribution in [3.63, 3.8) is 0 Å². The molecular formula is C15H13BrCl2N2O3S. The van der Waals surface area contributed by atoms with Gasteiger partial charge >= 0.3 is 0 Å². The molecule has 1 amide bonds. The number of hydrogen-bond donors (Lipinski definition) is 1. The monoisotopic (exact) mass is 450 g/mol. The van der Waals surface area contributed by atoms with Crippen molar-refractivity contribution in [2.24, 2.45) is 0 Å². The van der Waals surface area contributed by atoms with Gasteiger partial charge in [0.25, 0.3) is 0 Å². The molecule has 5 nitrogen and oxygen atoms in total. The average molecular weight is 452 g/mol. The van der Waals surface area contributed by atoms with Crippen LogP contribution in [-0.4, -0.2) is 27.1 Å². The van der Waals surface area contributed by atoms with Crippen LogP contribution in [0.3, 0.4) is 0 Å². The van der Waals surface area contributed by atoms with Gasteiger partial charge in [-0.3, -0.25) is 9.10 Å². The van der Waals surface area contributed by atoms with E-state index in [2.05, 4.69) is 21.2 Å². The Labute approximate surface area is 158 Å². The van der Waals surface area contributed by atoms with Gasteiger partial charge in [0.05, 0.1) is 27.7 Å². The predicted octanol–water partition coefficient (Wildman–Crippen LogP) is 4.16. The highest BCUT2D eigenvalue weighted by atomic mass is 79.9. The molecule has 24 heavy (non-hydrogen) atoms. The number of amides is 1. The third-order valence-corrected chi connectivity index (χ3v) is 5.27. The number of rotatable bonds is 5. The number of nitrogens with one attached hydrogen (secondary N) is 1. The van der Waals surface area contributed by atoms with E-state index >= 15 is 0 Å². The summed E-state index contributed by atoms with van der Waals surface area (Å²) in [6.07, 6.45) is 1.03. The molecule has 0 bridgehead atoms. The van der Waals surface area contributed by atoms with Crippen LogP contribution in [0.1, 0.15) is 0 Å². The molecular weight excluding hydrogens is 439 g/mol. The Morgan fingerprint density at radius 1 is 1.17 bits per heavy atom. The molecule has 0 spiro atoms. The first-order valence-electron chi connectivity index (χ1n) is 6.65. The first-order valence-corrected chi connectivity index (χ1v) is 10.1. The second-order valence-electron chi connectivity index (χ2n) is 4.89. The summed E-state index contributed by atoms with van der Waals surface area (Å²) in [5.74, 6) is -0.560. The molecule has 0 saturated carbocycles. The lowest BCUT2D eigenvalue weighted by Crippen LogP contribution is -2.37. The molecule has 0 aliphatic rings. The van der Waals surface area contributed by atoms with Crippen molar-refractivity contribution >= 4 is 66.4 Å². The minimum absolute atomic E-state index is 0.244. The molecule has 0 heterocycles. The van der Waals surface area contributed by atoms with Crippen molar-refractivity contribution in [2.75, 3.05) is 22.4 Å². The number of para-hydroxylation sites is 1. The van der Waals surface area contributed by atoms with Gasteiger partial charge in [-0.25, -0.2) is 8.42 Å². The van der Waals surface area contributed by atoms with Crippen LogP contribution in [-0.2, 0) is 14.8 Å². The number of halogens is 3. The molecule has 1 N–H and O–H groups in total. The van der Waals surface area contributed by atoms with E-state index in [9.17, 15) is 13.2 Å². The average Bonchev–Trinajstić information content (AvgIpc) is 2.47. The summed E-state index contributed by atoms with van der Waals surface area (Å²) in [7, 11) is -3.66. The summed E-state index contributed by atoms with van der Waals surface area (Å²) in [4.78, 5) is 12.3. The quantitative estimate of drug-likeness (QED) is 0.741. The number of anilines is 2. The zero-order chi connectivity index (χ0) is 17.9. The van der Waals surface area contributed by atoms with Crippen LogP contribution in [0.4, 0.5) is 11.4 Å². The van der Waals surface area contributed by atoms with Crippen molar-refractivity contribution in [3.05, 3.63) is 57.0 Å². The summed E-state index contributed by atoms with van der Waals surface area (Å²) in [6, 6.07) is 11.4. The first-order chi connectivity index (χ1) is 11.2. The molecule has 0 fully saturated rings. The number of nitrogens with zero attached hydrogens (tertiary/aromatic N) is 1. The Bertz CT molecular complexity index is 855. The van der Waals surface area contributed by atoms with E-state index in [1.165, 1.54) is 0 Å². The maximum Gasteiger partial charge on any atom is 0.245 e. The lowest BCUT2D eigenvalue weighted by molar-refractivity contribution is -0.114. The number of hydrogen-bond acceptors (Lipinski definition) is 3. The van der Waals surface area contributed by atoms with Gasteiger partial charge in [-0.1, -0.05) is 51.3 Å². The second-order valence-corrected chi connectivity index (χ2v) is 8.53. The summed E-state index contributed by atoms with van der Waals surface area (Å²) in [5, 5.41) is 3.08. The van der Waals surface area contributed by atoms with Crippen LogP contribution in [0.5, 0.6) is 0 Å². The lowest BCUT2D eigenvalue weighted by Gasteiger charge is -2.22. The lowest BCUT2D eigenvalue weighted by atomic mass is 10.3. The smallest absolute Gasteiger partial charge is 0.245 e. The summed E-state index contributed by atoms with van der Waals surface area (Å²) in [5.41, 5.74) is 0.612. The maximum absolute atomic E-state index is 12.3. The number of carbonyl (C=O) groups is 1. The van der Waals surface area contributed by atoms with E-state index < -0.39 is 22.5 Å². The Kier molecular flexibility index (Phi) is 6.14. The molecule has 0 atom stereocenters. The first kappa shape index (κ1) is 19.1. The summed E-state index contributed by atoms with van der Waals surface area (Å²) in [6.45, 7) is -0.406. The van der Waals surface area contributed by atoms with Crippen LogP contribution in [0.15, 0.2) is 46.9 Å². The second kappa shape index (κ2) is 7.74. The zero-order valence-electron chi connectivity index (χ0n) is 12.5. The van der Waals surface area contributed by atoms with Crippen molar-refractivity contribution in [1.29, 1.82) is 0 Å². The fourth-order valence-electron chi connectivity index (χ4n) is 1.96. The molecule has 0 saturated heterocycles. The van der Waals surface area contributed by atoms with Crippen molar-refractivity contribution < 1.29 is 13.2 Å². The highest BCUT2D eigenvalue weighted by molar-refractivity contribution is 9.10. The SMILES string of the molecule is CS(=O)(=O)N(CC(=O)Nc1c(Cl)cccc1Cl)c1cccc(Br)c1. The van der Waals surface area contributed by atoms with Crippen molar-refractivity contribution in [2.45, 2.75) is 0 Å². The number of benzene rings is 2. The number of sulfonamides is 1. The predicted molar refractivity (Wildman–Crippen MR) is 101 cm³/mol. The Balaban J connectivity index is 2.26. The molecule has 0 aliphatic carbocycles. The standard InChI is InChI=1S/C15H13BrCl2N2O3S/c1-24(22,23)20(11-5-2-4-10(16)8-11)9-14(21)19-15-12(17)6-3-7-13(15)18/h2-8H,9H2,1H3,(H,19,21). The number of carbonyl (C=O) groups excluding carboxylic acids is 1. The Morgan fingerprint density at radius 3 is 2.29 bits per heavy atom. The van der Waals surface area contributed by atoms with Crippen LogP contribution in [0.2, 0.25) is 10.0 Å². The minimum atomic E-state index is -3.66. The van der Waals surface area contributed by atoms with E-state index in [0.717, 1.165) is 10.6 Å². The fraction of sp³-hybridized carbons (Fsp3) is 0.133. The normalized spacial score (nSPS) is 11.2. The molecule has 2 aromatic carbocycles. The van der Waals surface area contributed by atoms with Gasteiger partial charge in [0.2, 0.25) is 15.9 Å². The van der Waals surface area contributed by atoms with Gasteiger partial charge in [-0.2, -0.15) is 0 Å². The van der Waals surface area contributed by atoms with E-state index in [4.69, 9.17) is 23.2 Å². The molecule has 2 aromatic rings. The van der Waals surface area contributed by atoms with Crippen molar-refractivity contribution in [1.82, 2.24) is 0 Å². The van der Waals surface area contributed by atoms with Crippen LogP contribution >= 0.6 is 39.1 Å². The summed E-state index contributed by atoms with van der Waals surface area (Å²) < 4.78 is 25.8. The molecule has 0 aromatic heterocycles. The van der Waals surface area contributed by atoms with Crippen molar-refractivity contribution in [3.8, 4) is 0 Å². The topological polar surface area (TPSA) is 66.5 Å². The fourth-order valence-corrected chi connectivity index (χ4v) is 3.69. The van der Waals surface area contributed by atoms with E-state index in [0.29, 0.717) is 10.2 Å². The molecule has 0 radical (unpaired) electrons. The van der Waals surface area contributed by atoms with Crippen LogP contribution in [0.25, 0.3) is 0 Å². The molecule has 128 valence electrons. The van der Waals surface area contributed by atoms with Gasteiger partial charge in [0.15, 0.2) is 0 Å².